The number of aldehydes is 1. The summed E-state index contributed by atoms with van der Waals surface area (Å²) in [5, 5.41) is 0.983. The molecule has 1 unspecified atom stereocenters. The normalized spacial score (nSPS) is 20.7. The zero-order valence-corrected chi connectivity index (χ0v) is 17.3. The molecule has 0 bridgehead atoms. The Bertz CT molecular complexity index is 986. The van der Waals surface area contributed by atoms with E-state index in [1.54, 1.807) is 7.11 Å². The Hall–Kier alpha value is -2.47. The van der Waals surface area contributed by atoms with E-state index in [-0.39, 0.29) is 11.7 Å². The molecule has 1 atom stereocenters. The Morgan fingerprint density at radius 3 is 2.69 bits per heavy atom. The maximum atomic E-state index is 13.4. The highest BCUT2D eigenvalue weighted by Gasteiger charge is 2.48. The third-order valence-corrected chi connectivity index (χ3v) is 6.90. The molecule has 1 aliphatic heterocycles. The van der Waals surface area contributed by atoms with Gasteiger partial charge in [-0.15, -0.1) is 0 Å². The van der Waals surface area contributed by atoms with Crippen molar-refractivity contribution in [2.45, 2.75) is 51.4 Å². The predicted molar refractivity (Wildman–Crippen MR) is 112 cm³/mol. The van der Waals surface area contributed by atoms with Crippen molar-refractivity contribution in [1.82, 2.24) is 4.98 Å². The molecule has 0 fully saturated rings. The van der Waals surface area contributed by atoms with E-state index in [0.29, 0.717) is 25.3 Å². The van der Waals surface area contributed by atoms with E-state index in [0.717, 1.165) is 59.7 Å². The SMILES string of the molecule is CCC1(CC)C(=O)N(CCOC)c2cc3c4c([nH]c3cc21)C(=O)C(C=O)CCC4. The molecular formula is C23H28N2O4. The van der Waals surface area contributed by atoms with Crippen LogP contribution in [0.2, 0.25) is 0 Å². The number of amides is 1. The van der Waals surface area contributed by atoms with Crippen molar-refractivity contribution in [3.63, 3.8) is 0 Å². The van der Waals surface area contributed by atoms with Gasteiger partial charge in [-0.2, -0.15) is 0 Å². The number of methoxy groups -OCH3 is 1. The fourth-order valence-electron chi connectivity index (χ4n) is 5.13. The Morgan fingerprint density at radius 1 is 1.28 bits per heavy atom. The number of aryl methyl sites for hydroxylation is 1. The number of aromatic amines is 1. The lowest BCUT2D eigenvalue weighted by atomic mass is 9.76. The summed E-state index contributed by atoms with van der Waals surface area (Å²) in [6, 6.07) is 4.12. The third kappa shape index (κ3) is 2.76. The molecule has 2 aromatic rings. The van der Waals surface area contributed by atoms with Crippen LogP contribution in [0.3, 0.4) is 0 Å². The Kier molecular flexibility index (Phi) is 5.07. The van der Waals surface area contributed by atoms with Gasteiger partial charge in [-0.05, 0) is 55.4 Å². The number of rotatable bonds is 6. The maximum Gasteiger partial charge on any atom is 0.237 e. The fourth-order valence-corrected chi connectivity index (χ4v) is 5.13. The van der Waals surface area contributed by atoms with E-state index in [1.165, 1.54) is 0 Å². The minimum Gasteiger partial charge on any atom is -0.383 e. The second-order valence-electron chi connectivity index (χ2n) is 8.13. The van der Waals surface area contributed by atoms with Gasteiger partial charge in [-0.25, -0.2) is 0 Å². The zero-order chi connectivity index (χ0) is 20.8. The van der Waals surface area contributed by atoms with E-state index in [2.05, 4.69) is 31.0 Å². The minimum absolute atomic E-state index is 0.117. The van der Waals surface area contributed by atoms with Crippen LogP contribution in [0.5, 0.6) is 0 Å². The van der Waals surface area contributed by atoms with E-state index in [9.17, 15) is 14.4 Å². The highest BCUT2D eigenvalue weighted by molar-refractivity contribution is 6.13. The Labute approximate surface area is 170 Å². The summed E-state index contributed by atoms with van der Waals surface area (Å²) in [5.74, 6) is -0.555. The van der Waals surface area contributed by atoms with Crippen molar-refractivity contribution in [2.75, 3.05) is 25.2 Å². The van der Waals surface area contributed by atoms with Crippen LogP contribution in [-0.2, 0) is 26.2 Å². The number of nitrogens with zero attached hydrogens (tertiary/aromatic N) is 1. The summed E-state index contributed by atoms with van der Waals surface area (Å²) < 4.78 is 5.24. The summed E-state index contributed by atoms with van der Waals surface area (Å²) in [6.07, 6.45) is 4.35. The van der Waals surface area contributed by atoms with Gasteiger partial charge in [-0.1, -0.05) is 13.8 Å². The van der Waals surface area contributed by atoms with Gasteiger partial charge >= 0.3 is 0 Å². The number of anilines is 1. The molecular weight excluding hydrogens is 368 g/mol. The molecule has 0 saturated heterocycles. The number of carbonyl (C=O) groups excluding carboxylic acids is 3. The second kappa shape index (κ2) is 7.41. The van der Waals surface area contributed by atoms with Crippen molar-refractivity contribution in [2.24, 2.45) is 5.92 Å². The van der Waals surface area contributed by atoms with Gasteiger partial charge < -0.3 is 19.4 Å². The third-order valence-electron chi connectivity index (χ3n) is 6.90. The first kappa shape index (κ1) is 19.8. The largest absolute Gasteiger partial charge is 0.383 e. The first-order valence-corrected chi connectivity index (χ1v) is 10.5. The first-order valence-electron chi connectivity index (χ1n) is 10.5. The van der Waals surface area contributed by atoms with Crippen molar-refractivity contribution >= 4 is 34.6 Å². The summed E-state index contributed by atoms with van der Waals surface area (Å²) in [6.45, 7) is 5.08. The summed E-state index contributed by atoms with van der Waals surface area (Å²) in [4.78, 5) is 42.7. The van der Waals surface area contributed by atoms with Gasteiger partial charge in [0.2, 0.25) is 5.91 Å². The van der Waals surface area contributed by atoms with Crippen molar-refractivity contribution in [1.29, 1.82) is 0 Å². The highest BCUT2D eigenvalue weighted by Crippen LogP contribution is 2.48. The molecule has 1 aromatic carbocycles. The smallest absolute Gasteiger partial charge is 0.237 e. The summed E-state index contributed by atoms with van der Waals surface area (Å²) in [5.41, 5.74) is 3.81. The van der Waals surface area contributed by atoms with Crippen LogP contribution in [0.15, 0.2) is 12.1 Å². The van der Waals surface area contributed by atoms with E-state index >= 15 is 0 Å². The maximum absolute atomic E-state index is 13.4. The molecule has 1 aromatic heterocycles. The number of hydrogen-bond donors (Lipinski definition) is 1. The number of fused-ring (bicyclic) bond motifs is 4. The highest BCUT2D eigenvalue weighted by atomic mass is 16.5. The molecule has 6 heteroatoms. The van der Waals surface area contributed by atoms with Crippen LogP contribution in [-0.4, -0.2) is 43.2 Å². The monoisotopic (exact) mass is 396 g/mol. The van der Waals surface area contributed by atoms with Crippen molar-refractivity contribution in [3.05, 3.63) is 29.0 Å². The number of ether oxygens (including phenoxy) is 1. The van der Waals surface area contributed by atoms with Gasteiger partial charge in [-0.3, -0.25) is 9.59 Å². The number of ketones is 1. The van der Waals surface area contributed by atoms with Crippen LogP contribution >= 0.6 is 0 Å². The van der Waals surface area contributed by atoms with Gasteiger partial charge in [0.15, 0.2) is 5.78 Å². The number of nitrogens with one attached hydrogen (secondary N) is 1. The standard InChI is InChI=1S/C23H28N2O4/c1-4-23(5-2)17-12-18-16(11-19(17)25(22(23)28)9-10-29-3)15-8-6-7-14(13-26)21(27)20(15)24-18/h11-14,24H,4-10H2,1-3H3. The van der Waals surface area contributed by atoms with Gasteiger partial charge in [0, 0.05) is 30.2 Å². The van der Waals surface area contributed by atoms with Crippen molar-refractivity contribution in [3.8, 4) is 0 Å². The molecule has 1 amide bonds. The zero-order valence-electron chi connectivity index (χ0n) is 17.3. The van der Waals surface area contributed by atoms with Crippen LogP contribution in [0.1, 0.15) is 61.1 Å². The molecule has 2 heterocycles. The van der Waals surface area contributed by atoms with Crippen molar-refractivity contribution < 1.29 is 19.1 Å². The molecule has 0 spiro atoms. The van der Waals surface area contributed by atoms with Gasteiger partial charge in [0.05, 0.1) is 23.6 Å². The number of hydrogen-bond acceptors (Lipinski definition) is 4. The molecule has 2 aliphatic rings. The number of benzene rings is 1. The molecule has 4 rings (SSSR count). The predicted octanol–water partition coefficient (Wildman–Crippen LogP) is 3.55. The molecule has 6 nitrogen and oxygen atoms in total. The van der Waals surface area contributed by atoms with E-state index < -0.39 is 11.3 Å². The number of Topliss-reactive ketones (excluding diaryl/α,β-unsaturated/α-hetero) is 1. The van der Waals surface area contributed by atoms with Gasteiger partial charge in [0.25, 0.3) is 0 Å². The molecule has 1 N–H and O–H groups in total. The molecule has 0 saturated carbocycles. The average Bonchev–Trinajstić information content (AvgIpc) is 3.14. The number of H-pyrrole nitrogens is 1. The molecule has 0 radical (unpaired) electrons. The van der Waals surface area contributed by atoms with Crippen LogP contribution in [0.4, 0.5) is 5.69 Å². The molecule has 1 aliphatic carbocycles. The quantitative estimate of drug-likeness (QED) is 0.460. The second-order valence-corrected chi connectivity index (χ2v) is 8.13. The topological polar surface area (TPSA) is 79.5 Å². The van der Waals surface area contributed by atoms with Crippen LogP contribution in [0, 0.1) is 5.92 Å². The molecule has 29 heavy (non-hydrogen) atoms. The number of carbonyl (C=O) groups is 3. The van der Waals surface area contributed by atoms with E-state index in [1.807, 2.05) is 4.90 Å². The molecule has 154 valence electrons. The number of aromatic nitrogens is 1. The lowest BCUT2D eigenvalue weighted by Gasteiger charge is -2.26. The minimum atomic E-state index is -0.568. The first-order chi connectivity index (χ1) is 14.0. The van der Waals surface area contributed by atoms with Crippen LogP contribution < -0.4 is 4.90 Å². The van der Waals surface area contributed by atoms with E-state index in [4.69, 9.17) is 4.74 Å². The Morgan fingerprint density at radius 2 is 2.03 bits per heavy atom. The summed E-state index contributed by atoms with van der Waals surface area (Å²) in [7, 11) is 1.64. The fraction of sp³-hybridized carbons (Fsp3) is 0.522. The lowest BCUT2D eigenvalue weighted by molar-refractivity contribution is -0.123. The Balaban J connectivity index is 1.93. The van der Waals surface area contributed by atoms with Crippen LogP contribution in [0.25, 0.3) is 10.9 Å². The lowest BCUT2D eigenvalue weighted by Crippen LogP contribution is -2.40. The van der Waals surface area contributed by atoms with Gasteiger partial charge in [0.1, 0.15) is 6.29 Å². The average molecular weight is 396 g/mol. The summed E-state index contributed by atoms with van der Waals surface area (Å²) >= 11 is 0.